The number of piperidine rings is 1. The number of amides is 2. The van der Waals surface area contributed by atoms with Crippen molar-refractivity contribution in [3.05, 3.63) is 0 Å². The maximum Gasteiger partial charge on any atom is 0.317 e. The average Bonchev–Trinajstić information content (AvgIpc) is 2.67. The number of carbonyl (C=O) groups is 1. The Morgan fingerprint density at radius 1 is 1.12 bits per heavy atom. The van der Waals surface area contributed by atoms with Gasteiger partial charge in [-0.25, -0.2) is 4.79 Å². The third kappa shape index (κ3) is 8.26. The van der Waals surface area contributed by atoms with E-state index in [4.69, 9.17) is 10.5 Å². The Labute approximate surface area is 160 Å². The first-order chi connectivity index (χ1) is 12.7. The topological polar surface area (TPSA) is 67.6 Å². The Hall–Kier alpha value is -0.810. The van der Waals surface area contributed by atoms with E-state index in [-0.39, 0.29) is 12.1 Å². The van der Waals surface area contributed by atoms with Crippen molar-refractivity contribution in [1.29, 1.82) is 0 Å². The highest BCUT2D eigenvalue weighted by Gasteiger charge is 2.24. The number of likely N-dealkylation sites (tertiary alicyclic amines) is 1. The lowest BCUT2D eigenvalue weighted by Crippen LogP contribution is -2.48. The van der Waals surface area contributed by atoms with Crippen LogP contribution in [0.25, 0.3) is 0 Å². The van der Waals surface area contributed by atoms with Gasteiger partial charge >= 0.3 is 6.03 Å². The van der Waals surface area contributed by atoms with Gasteiger partial charge in [-0.05, 0) is 43.9 Å². The SMILES string of the molecule is COCCCCC[C@@H]1CCCN(C(=O)NC[C@@H](N)CC2CCCCC2)C1. The van der Waals surface area contributed by atoms with E-state index in [1.54, 1.807) is 7.11 Å². The van der Waals surface area contributed by atoms with Crippen LogP contribution < -0.4 is 11.1 Å². The van der Waals surface area contributed by atoms with Gasteiger partial charge in [-0.2, -0.15) is 0 Å². The van der Waals surface area contributed by atoms with Gasteiger partial charge in [0.15, 0.2) is 0 Å². The van der Waals surface area contributed by atoms with Crippen molar-refractivity contribution in [3.63, 3.8) is 0 Å². The lowest BCUT2D eigenvalue weighted by atomic mass is 9.85. The summed E-state index contributed by atoms with van der Waals surface area (Å²) in [4.78, 5) is 14.5. The normalized spacial score (nSPS) is 23.0. The number of urea groups is 1. The van der Waals surface area contributed by atoms with Gasteiger partial charge in [-0.15, -0.1) is 0 Å². The molecule has 0 aromatic rings. The molecule has 5 heteroatoms. The van der Waals surface area contributed by atoms with Gasteiger partial charge in [0.05, 0.1) is 0 Å². The number of methoxy groups -OCH3 is 1. The number of nitrogens with two attached hydrogens (primary N) is 1. The number of carbonyl (C=O) groups excluding carboxylic acids is 1. The Kier molecular flexibility index (Phi) is 10.4. The van der Waals surface area contributed by atoms with Gasteiger partial charge in [0, 0.05) is 39.4 Å². The number of nitrogens with zero attached hydrogens (tertiary/aromatic N) is 1. The molecule has 2 atom stereocenters. The summed E-state index contributed by atoms with van der Waals surface area (Å²) < 4.78 is 5.11. The van der Waals surface area contributed by atoms with Gasteiger partial charge in [0.2, 0.25) is 0 Å². The highest BCUT2D eigenvalue weighted by molar-refractivity contribution is 5.74. The number of hydrogen-bond donors (Lipinski definition) is 2. The molecule has 0 unspecified atom stereocenters. The lowest BCUT2D eigenvalue weighted by Gasteiger charge is -2.33. The highest BCUT2D eigenvalue weighted by atomic mass is 16.5. The lowest BCUT2D eigenvalue weighted by molar-refractivity contribution is 0.159. The van der Waals surface area contributed by atoms with Crippen molar-refractivity contribution < 1.29 is 9.53 Å². The van der Waals surface area contributed by atoms with E-state index in [2.05, 4.69) is 5.32 Å². The molecule has 26 heavy (non-hydrogen) atoms. The van der Waals surface area contributed by atoms with Crippen LogP contribution in [0.5, 0.6) is 0 Å². The van der Waals surface area contributed by atoms with Crippen molar-refractivity contribution in [3.8, 4) is 0 Å². The van der Waals surface area contributed by atoms with Crippen molar-refractivity contribution in [1.82, 2.24) is 10.2 Å². The molecule has 0 spiro atoms. The molecule has 0 bridgehead atoms. The monoisotopic (exact) mass is 367 g/mol. The van der Waals surface area contributed by atoms with E-state index in [1.165, 1.54) is 57.8 Å². The van der Waals surface area contributed by atoms with Gasteiger partial charge in [0.25, 0.3) is 0 Å². The molecular formula is C21H41N3O2. The zero-order valence-corrected chi connectivity index (χ0v) is 16.9. The molecule has 3 N–H and O–H groups in total. The maximum absolute atomic E-state index is 12.5. The zero-order valence-electron chi connectivity index (χ0n) is 16.9. The van der Waals surface area contributed by atoms with Gasteiger partial charge in [-0.3, -0.25) is 0 Å². The molecule has 2 aliphatic rings. The number of rotatable bonds is 10. The number of ether oxygens (including phenoxy) is 1. The minimum atomic E-state index is 0.0909. The number of nitrogens with one attached hydrogen (secondary N) is 1. The standard InChI is InChI=1S/C21H41N3O2/c1-26-14-7-3-6-11-19-12-8-13-24(17-19)21(25)23-16-20(22)15-18-9-4-2-5-10-18/h18-20H,2-17,22H2,1H3,(H,23,25)/t19-,20+/m1/s1. The first-order valence-corrected chi connectivity index (χ1v) is 11.0. The molecule has 2 fully saturated rings. The fourth-order valence-corrected chi connectivity index (χ4v) is 4.61. The van der Waals surface area contributed by atoms with Crippen LogP contribution in [-0.2, 0) is 4.74 Å². The van der Waals surface area contributed by atoms with Crippen LogP contribution in [0.3, 0.4) is 0 Å². The molecule has 2 rings (SSSR count). The minimum Gasteiger partial charge on any atom is -0.385 e. The van der Waals surface area contributed by atoms with Crippen LogP contribution in [0.4, 0.5) is 4.79 Å². The predicted octanol–water partition coefficient (Wildman–Crippen LogP) is 3.91. The van der Waals surface area contributed by atoms with Gasteiger partial charge in [0.1, 0.15) is 0 Å². The summed E-state index contributed by atoms with van der Waals surface area (Å²) in [5, 5.41) is 3.09. The summed E-state index contributed by atoms with van der Waals surface area (Å²) in [6, 6.07) is 0.191. The zero-order chi connectivity index (χ0) is 18.6. The Bertz CT molecular complexity index is 385. The van der Waals surface area contributed by atoms with Crippen LogP contribution in [0.1, 0.15) is 77.0 Å². The van der Waals surface area contributed by atoms with Gasteiger partial charge in [-0.1, -0.05) is 44.9 Å². The van der Waals surface area contributed by atoms with E-state index in [1.807, 2.05) is 4.90 Å². The molecule has 1 aliphatic heterocycles. The average molecular weight is 368 g/mol. The van der Waals surface area contributed by atoms with E-state index in [0.29, 0.717) is 12.5 Å². The third-order valence-corrected chi connectivity index (χ3v) is 6.14. The second kappa shape index (κ2) is 12.6. The quantitative estimate of drug-likeness (QED) is 0.575. The molecule has 1 saturated carbocycles. The fourth-order valence-electron chi connectivity index (χ4n) is 4.61. The molecular weight excluding hydrogens is 326 g/mol. The van der Waals surface area contributed by atoms with Crippen molar-refractivity contribution >= 4 is 6.03 Å². The second-order valence-corrected chi connectivity index (χ2v) is 8.48. The molecule has 1 aliphatic carbocycles. The molecule has 0 aromatic heterocycles. The fraction of sp³-hybridized carbons (Fsp3) is 0.952. The smallest absolute Gasteiger partial charge is 0.317 e. The van der Waals surface area contributed by atoms with E-state index < -0.39 is 0 Å². The summed E-state index contributed by atoms with van der Waals surface area (Å²) in [6.45, 7) is 3.28. The minimum absolute atomic E-state index is 0.0909. The Balaban J connectivity index is 1.60. The molecule has 2 amide bonds. The molecule has 1 saturated heterocycles. The van der Waals surface area contributed by atoms with Crippen LogP contribution in [0.15, 0.2) is 0 Å². The number of hydrogen-bond acceptors (Lipinski definition) is 3. The molecule has 1 heterocycles. The Morgan fingerprint density at radius 3 is 2.65 bits per heavy atom. The van der Waals surface area contributed by atoms with Crippen LogP contribution in [0, 0.1) is 11.8 Å². The van der Waals surface area contributed by atoms with Crippen LogP contribution >= 0.6 is 0 Å². The van der Waals surface area contributed by atoms with Crippen LogP contribution in [0.2, 0.25) is 0 Å². The van der Waals surface area contributed by atoms with E-state index in [9.17, 15) is 4.79 Å². The number of unbranched alkanes of at least 4 members (excludes halogenated alkanes) is 2. The molecule has 152 valence electrons. The van der Waals surface area contributed by atoms with Crippen molar-refractivity contribution in [2.75, 3.05) is 33.4 Å². The summed E-state index contributed by atoms with van der Waals surface area (Å²) in [5.74, 6) is 1.43. The molecule has 5 nitrogen and oxygen atoms in total. The maximum atomic E-state index is 12.5. The molecule has 0 aromatic carbocycles. The largest absolute Gasteiger partial charge is 0.385 e. The van der Waals surface area contributed by atoms with Gasteiger partial charge < -0.3 is 20.7 Å². The first-order valence-electron chi connectivity index (χ1n) is 11.0. The third-order valence-electron chi connectivity index (χ3n) is 6.14. The van der Waals surface area contributed by atoms with Crippen molar-refractivity contribution in [2.45, 2.75) is 83.1 Å². The van der Waals surface area contributed by atoms with E-state index >= 15 is 0 Å². The second-order valence-electron chi connectivity index (χ2n) is 8.48. The summed E-state index contributed by atoms with van der Waals surface area (Å²) in [6.07, 6.45) is 15.0. The Morgan fingerprint density at radius 2 is 1.88 bits per heavy atom. The van der Waals surface area contributed by atoms with Crippen LogP contribution in [-0.4, -0.2) is 50.3 Å². The molecule has 0 radical (unpaired) electrons. The summed E-state index contributed by atoms with van der Waals surface area (Å²) in [7, 11) is 1.76. The van der Waals surface area contributed by atoms with E-state index in [0.717, 1.165) is 44.9 Å². The summed E-state index contributed by atoms with van der Waals surface area (Å²) >= 11 is 0. The predicted molar refractivity (Wildman–Crippen MR) is 107 cm³/mol. The van der Waals surface area contributed by atoms with Crippen molar-refractivity contribution in [2.24, 2.45) is 17.6 Å². The highest BCUT2D eigenvalue weighted by Crippen LogP contribution is 2.27. The summed E-state index contributed by atoms with van der Waals surface area (Å²) in [5.41, 5.74) is 6.27. The first kappa shape index (κ1) is 21.5.